The van der Waals surface area contributed by atoms with Crippen LogP contribution in [0.4, 0.5) is 0 Å². The molecule has 0 amide bonds. The number of aryl methyl sites for hydroxylation is 1. The molecule has 0 saturated carbocycles. The van der Waals surface area contributed by atoms with Crippen LogP contribution in [0, 0.1) is 6.92 Å². The van der Waals surface area contributed by atoms with E-state index in [1.807, 2.05) is 13.8 Å². The van der Waals surface area contributed by atoms with E-state index in [1.165, 1.54) is 0 Å². The highest BCUT2D eigenvalue weighted by atomic mass is 35.5. The Balaban J connectivity index is 3.13. The lowest BCUT2D eigenvalue weighted by Crippen LogP contribution is -2.01. The molecular weight excluding hydrogens is 190 g/mol. The molecule has 0 bridgehead atoms. The number of rotatable bonds is 3. The molecule has 0 atom stereocenters. The Morgan fingerprint density at radius 2 is 2.31 bits per heavy atom. The average molecular weight is 202 g/mol. The van der Waals surface area contributed by atoms with Gasteiger partial charge >= 0.3 is 0 Å². The molecule has 1 N–H and O–H groups in total. The smallest absolute Gasteiger partial charge is 0.220 e. The monoisotopic (exact) mass is 201 g/mol. The molecule has 1 aromatic heterocycles. The summed E-state index contributed by atoms with van der Waals surface area (Å²) in [6.07, 6.45) is 0. The van der Waals surface area contributed by atoms with Crippen molar-refractivity contribution in [3.63, 3.8) is 0 Å². The van der Waals surface area contributed by atoms with Gasteiger partial charge < -0.3 is 9.84 Å². The van der Waals surface area contributed by atoms with Crippen molar-refractivity contribution < 1.29 is 9.84 Å². The minimum Gasteiger partial charge on any atom is -0.478 e. The predicted molar refractivity (Wildman–Crippen MR) is 51.1 cm³/mol. The van der Waals surface area contributed by atoms with Gasteiger partial charge in [-0.25, -0.2) is 4.98 Å². The molecule has 13 heavy (non-hydrogen) atoms. The number of ether oxygens (including phenoxy) is 1. The van der Waals surface area contributed by atoms with Crippen molar-refractivity contribution in [1.82, 2.24) is 4.98 Å². The zero-order valence-electron chi connectivity index (χ0n) is 7.67. The molecule has 0 unspecified atom stereocenters. The quantitative estimate of drug-likeness (QED) is 0.813. The van der Waals surface area contributed by atoms with E-state index in [0.29, 0.717) is 23.1 Å². The first-order valence-electron chi connectivity index (χ1n) is 4.08. The number of aromatic nitrogens is 1. The third kappa shape index (κ3) is 2.32. The number of hydrogen-bond donors (Lipinski definition) is 1. The van der Waals surface area contributed by atoms with Gasteiger partial charge in [0.05, 0.1) is 23.8 Å². The maximum atomic E-state index is 9.01. The standard InChI is InChI=1S/C9H12ClNO2/c1-3-13-9-7(5-12)8(10)4-6(2)11-9/h4,12H,3,5H2,1-2H3. The fourth-order valence-electron chi connectivity index (χ4n) is 1.03. The van der Waals surface area contributed by atoms with Crippen molar-refractivity contribution in [1.29, 1.82) is 0 Å². The van der Waals surface area contributed by atoms with E-state index in [1.54, 1.807) is 6.07 Å². The van der Waals surface area contributed by atoms with Gasteiger partial charge in [0, 0.05) is 5.69 Å². The van der Waals surface area contributed by atoms with Crippen molar-refractivity contribution in [2.24, 2.45) is 0 Å². The van der Waals surface area contributed by atoms with Gasteiger partial charge in [-0.3, -0.25) is 0 Å². The lowest BCUT2D eigenvalue weighted by atomic mass is 10.2. The van der Waals surface area contributed by atoms with Crippen LogP contribution in [0.2, 0.25) is 5.02 Å². The normalized spacial score (nSPS) is 10.2. The summed E-state index contributed by atoms with van der Waals surface area (Å²) in [6, 6.07) is 1.70. The maximum Gasteiger partial charge on any atom is 0.220 e. The number of pyridine rings is 1. The van der Waals surface area contributed by atoms with Crippen molar-refractivity contribution in [3.05, 3.63) is 22.3 Å². The molecule has 4 heteroatoms. The van der Waals surface area contributed by atoms with Crippen LogP contribution in [0.1, 0.15) is 18.2 Å². The Labute approximate surface area is 82.3 Å². The van der Waals surface area contributed by atoms with Crippen molar-refractivity contribution in [2.75, 3.05) is 6.61 Å². The molecule has 3 nitrogen and oxygen atoms in total. The summed E-state index contributed by atoms with van der Waals surface area (Å²) in [5.41, 5.74) is 1.33. The minimum absolute atomic E-state index is 0.151. The number of aliphatic hydroxyl groups excluding tert-OH is 1. The van der Waals surface area contributed by atoms with Crippen LogP contribution in [0.5, 0.6) is 5.88 Å². The Morgan fingerprint density at radius 1 is 1.62 bits per heavy atom. The van der Waals surface area contributed by atoms with E-state index in [2.05, 4.69) is 4.98 Å². The molecule has 1 aromatic rings. The Hall–Kier alpha value is -0.800. The number of hydrogen-bond acceptors (Lipinski definition) is 3. The van der Waals surface area contributed by atoms with Gasteiger partial charge in [-0.05, 0) is 19.9 Å². The zero-order chi connectivity index (χ0) is 9.84. The van der Waals surface area contributed by atoms with Crippen LogP contribution in [0.25, 0.3) is 0 Å². The first-order chi connectivity index (χ1) is 6.19. The molecule has 0 aliphatic carbocycles. The van der Waals surface area contributed by atoms with Crippen LogP contribution in [-0.4, -0.2) is 16.7 Å². The fraction of sp³-hybridized carbons (Fsp3) is 0.444. The van der Waals surface area contributed by atoms with Crippen LogP contribution in [-0.2, 0) is 6.61 Å². The largest absolute Gasteiger partial charge is 0.478 e. The molecule has 0 aliphatic rings. The Kier molecular flexibility index (Phi) is 3.51. The molecule has 0 spiro atoms. The summed E-state index contributed by atoms with van der Waals surface area (Å²) in [6.45, 7) is 4.05. The van der Waals surface area contributed by atoms with Gasteiger partial charge in [0.1, 0.15) is 0 Å². The highest BCUT2D eigenvalue weighted by Crippen LogP contribution is 2.25. The summed E-state index contributed by atoms with van der Waals surface area (Å²) in [7, 11) is 0. The topological polar surface area (TPSA) is 42.4 Å². The molecule has 0 saturated heterocycles. The third-order valence-electron chi connectivity index (χ3n) is 1.60. The summed E-state index contributed by atoms with van der Waals surface area (Å²) < 4.78 is 5.23. The van der Waals surface area contributed by atoms with E-state index in [9.17, 15) is 0 Å². The van der Waals surface area contributed by atoms with Crippen LogP contribution in [0.3, 0.4) is 0 Å². The van der Waals surface area contributed by atoms with Crippen LogP contribution < -0.4 is 4.74 Å². The molecule has 0 fully saturated rings. The first-order valence-corrected chi connectivity index (χ1v) is 4.46. The molecule has 0 radical (unpaired) electrons. The molecular formula is C9H12ClNO2. The summed E-state index contributed by atoms with van der Waals surface area (Å²) >= 11 is 5.89. The van der Waals surface area contributed by atoms with Gasteiger partial charge in [0.2, 0.25) is 5.88 Å². The molecule has 0 aromatic carbocycles. The van der Waals surface area contributed by atoms with E-state index < -0.39 is 0 Å². The Morgan fingerprint density at radius 3 is 2.85 bits per heavy atom. The SMILES string of the molecule is CCOc1nc(C)cc(Cl)c1CO. The molecule has 72 valence electrons. The van der Waals surface area contributed by atoms with E-state index in [0.717, 1.165) is 5.69 Å². The Bertz CT molecular complexity index is 302. The summed E-state index contributed by atoms with van der Waals surface area (Å²) in [5, 5.41) is 9.51. The molecule has 1 heterocycles. The number of halogens is 1. The third-order valence-corrected chi connectivity index (χ3v) is 1.94. The van der Waals surface area contributed by atoms with Gasteiger partial charge in [-0.2, -0.15) is 0 Å². The van der Waals surface area contributed by atoms with Crippen molar-refractivity contribution in [2.45, 2.75) is 20.5 Å². The lowest BCUT2D eigenvalue weighted by molar-refractivity contribution is 0.262. The molecule has 0 aliphatic heterocycles. The lowest BCUT2D eigenvalue weighted by Gasteiger charge is -2.09. The summed E-state index contributed by atoms with van der Waals surface area (Å²) in [4.78, 5) is 4.13. The average Bonchev–Trinajstić information content (AvgIpc) is 2.04. The fourth-order valence-corrected chi connectivity index (χ4v) is 1.33. The predicted octanol–water partition coefficient (Wildman–Crippen LogP) is 1.93. The first kappa shape index (κ1) is 10.3. The van der Waals surface area contributed by atoms with Crippen LogP contribution >= 0.6 is 11.6 Å². The number of nitrogens with zero attached hydrogens (tertiary/aromatic N) is 1. The van der Waals surface area contributed by atoms with Gasteiger partial charge in [-0.15, -0.1) is 0 Å². The van der Waals surface area contributed by atoms with Gasteiger partial charge in [-0.1, -0.05) is 11.6 Å². The molecule has 1 rings (SSSR count). The zero-order valence-corrected chi connectivity index (χ0v) is 8.43. The van der Waals surface area contributed by atoms with E-state index in [-0.39, 0.29) is 6.61 Å². The second-order valence-corrected chi connectivity index (χ2v) is 3.03. The highest BCUT2D eigenvalue weighted by molar-refractivity contribution is 6.31. The van der Waals surface area contributed by atoms with Crippen molar-refractivity contribution in [3.8, 4) is 5.88 Å². The highest BCUT2D eigenvalue weighted by Gasteiger charge is 2.09. The minimum atomic E-state index is -0.151. The van der Waals surface area contributed by atoms with Gasteiger partial charge in [0.25, 0.3) is 0 Å². The second-order valence-electron chi connectivity index (χ2n) is 2.62. The van der Waals surface area contributed by atoms with Crippen LogP contribution in [0.15, 0.2) is 6.07 Å². The number of aliphatic hydroxyl groups is 1. The van der Waals surface area contributed by atoms with E-state index >= 15 is 0 Å². The summed E-state index contributed by atoms with van der Waals surface area (Å²) in [5.74, 6) is 0.426. The van der Waals surface area contributed by atoms with Crippen molar-refractivity contribution >= 4 is 11.6 Å². The maximum absolute atomic E-state index is 9.01. The van der Waals surface area contributed by atoms with E-state index in [4.69, 9.17) is 21.4 Å². The second kappa shape index (κ2) is 4.44. The van der Waals surface area contributed by atoms with Gasteiger partial charge in [0.15, 0.2) is 0 Å².